The van der Waals surface area contributed by atoms with Gasteiger partial charge in [-0.2, -0.15) is 4.98 Å². The van der Waals surface area contributed by atoms with Crippen LogP contribution in [0.5, 0.6) is 17.2 Å². The molecule has 158 valence electrons. The molecule has 0 radical (unpaired) electrons. The van der Waals surface area contributed by atoms with Crippen molar-refractivity contribution in [1.29, 1.82) is 0 Å². The first-order valence-corrected chi connectivity index (χ1v) is 10.2. The second-order valence-corrected chi connectivity index (χ2v) is 6.98. The Morgan fingerprint density at radius 1 is 1.07 bits per heavy atom. The smallest absolute Gasteiger partial charge is 0.252 e. The van der Waals surface area contributed by atoms with Crippen molar-refractivity contribution in [2.45, 2.75) is 58.9 Å². The van der Waals surface area contributed by atoms with Gasteiger partial charge in [-0.25, -0.2) is 0 Å². The summed E-state index contributed by atoms with van der Waals surface area (Å²) >= 11 is 0. The van der Waals surface area contributed by atoms with Crippen molar-refractivity contribution in [3.63, 3.8) is 0 Å². The molecule has 0 aliphatic heterocycles. The van der Waals surface area contributed by atoms with Gasteiger partial charge in [0.15, 0.2) is 17.3 Å². The molecule has 1 fully saturated rings. The molecule has 0 unspecified atom stereocenters. The van der Waals surface area contributed by atoms with Gasteiger partial charge >= 0.3 is 0 Å². The molecule has 2 aromatic rings. The van der Waals surface area contributed by atoms with Crippen molar-refractivity contribution in [2.75, 3.05) is 19.8 Å². The normalized spacial score (nSPS) is 15.2. The fourth-order valence-corrected chi connectivity index (χ4v) is 3.69. The third-order valence-electron chi connectivity index (χ3n) is 4.94. The van der Waals surface area contributed by atoms with Crippen LogP contribution < -0.4 is 19.5 Å². The summed E-state index contributed by atoms with van der Waals surface area (Å²) in [5.74, 6) is 2.26. The highest BCUT2D eigenvalue weighted by Gasteiger charge is 2.41. The van der Waals surface area contributed by atoms with Crippen molar-refractivity contribution in [3.05, 3.63) is 29.4 Å². The molecule has 1 aliphatic carbocycles. The topological polar surface area (TPSA) is 95.7 Å². The van der Waals surface area contributed by atoms with Gasteiger partial charge in [0.2, 0.25) is 11.6 Å². The fourth-order valence-electron chi connectivity index (χ4n) is 3.69. The van der Waals surface area contributed by atoms with Crippen LogP contribution in [0.4, 0.5) is 0 Å². The lowest BCUT2D eigenvalue weighted by Gasteiger charge is -2.27. The molecule has 1 heterocycles. The van der Waals surface area contributed by atoms with E-state index in [1.165, 1.54) is 0 Å². The van der Waals surface area contributed by atoms with Crippen LogP contribution in [0.1, 0.15) is 68.5 Å². The lowest BCUT2D eigenvalue weighted by molar-refractivity contribution is 0.0890. The van der Waals surface area contributed by atoms with Crippen molar-refractivity contribution < 1.29 is 23.5 Å². The lowest BCUT2D eigenvalue weighted by atomic mass is 9.95. The number of carbonyl (C=O) groups excluding carboxylic acids is 1. The van der Waals surface area contributed by atoms with E-state index in [0.717, 1.165) is 25.7 Å². The number of hydrogen-bond donors (Lipinski definition) is 1. The Labute approximate surface area is 170 Å². The molecule has 1 saturated carbocycles. The summed E-state index contributed by atoms with van der Waals surface area (Å²) in [5.41, 5.74) is -0.183. The summed E-state index contributed by atoms with van der Waals surface area (Å²) < 4.78 is 22.3. The van der Waals surface area contributed by atoms with Crippen LogP contribution in [0, 0.1) is 6.92 Å². The molecule has 1 aliphatic rings. The predicted molar refractivity (Wildman–Crippen MR) is 107 cm³/mol. The maximum absolute atomic E-state index is 13.2. The van der Waals surface area contributed by atoms with Crippen LogP contribution in [-0.4, -0.2) is 35.9 Å². The minimum Gasteiger partial charge on any atom is -0.490 e. The van der Waals surface area contributed by atoms with E-state index in [1.54, 1.807) is 19.1 Å². The van der Waals surface area contributed by atoms with Crippen LogP contribution >= 0.6 is 0 Å². The highest BCUT2D eigenvalue weighted by molar-refractivity contribution is 5.96. The first-order valence-electron chi connectivity index (χ1n) is 10.2. The first kappa shape index (κ1) is 21.0. The van der Waals surface area contributed by atoms with Crippen LogP contribution in [0.15, 0.2) is 16.7 Å². The number of aromatic nitrogens is 2. The van der Waals surface area contributed by atoms with Gasteiger partial charge in [0.25, 0.3) is 5.91 Å². The summed E-state index contributed by atoms with van der Waals surface area (Å²) in [6.45, 7) is 8.76. The quantitative estimate of drug-likeness (QED) is 0.681. The van der Waals surface area contributed by atoms with Gasteiger partial charge in [-0.05, 0) is 45.7 Å². The number of rotatable bonds is 9. The van der Waals surface area contributed by atoms with Crippen LogP contribution in [0.3, 0.4) is 0 Å². The number of benzene rings is 1. The summed E-state index contributed by atoms with van der Waals surface area (Å²) in [6, 6.07) is 3.38. The van der Waals surface area contributed by atoms with Gasteiger partial charge < -0.3 is 24.1 Å². The number of aryl methyl sites for hydroxylation is 1. The number of nitrogens with zero attached hydrogens (tertiary/aromatic N) is 2. The van der Waals surface area contributed by atoms with Crippen LogP contribution in [0.25, 0.3) is 0 Å². The number of carbonyl (C=O) groups is 1. The SMILES string of the molecule is CCOc1cc(C(=O)NC2(c3noc(C)n3)CCCC2)cc(OCC)c1OCC. The summed E-state index contributed by atoms with van der Waals surface area (Å²) in [7, 11) is 0. The van der Waals surface area contributed by atoms with Crippen molar-refractivity contribution in [3.8, 4) is 17.2 Å². The average molecular weight is 403 g/mol. The lowest BCUT2D eigenvalue weighted by Crippen LogP contribution is -2.44. The van der Waals surface area contributed by atoms with Gasteiger partial charge in [-0.1, -0.05) is 18.0 Å². The summed E-state index contributed by atoms with van der Waals surface area (Å²) in [5, 5.41) is 7.23. The van der Waals surface area contributed by atoms with Crippen LogP contribution in [0.2, 0.25) is 0 Å². The fraction of sp³-hybridized carbons (Fsp3) is 0.571. The molecule has 0 bridgehead atoms. The Morgan fingerprint density at radius 3 is 2.14 bits per heavy atom. The Bertz CT molecular complexity index is 816. The summed E-state index contributed by atoms with van der Waals surface area (Å²) in [6.07, 6.45) is 3.52. The van der Waals surface area contributed by atoms with E-state index < -0.39 is 5.54 Å². The van der Waals surface area contributed by atoms with E-state index >= 15 is 0 Å². The van der Waals surface area contributed by atoms with Crippen molar-refractivity contribution in [2.24, 2.45) is 0 Å². The molecule has 0 spiro atoms. The maximum atomic E-state index is 13.2. The molecule has 1 aromatic carbocycles. The summed E-state index contributed by atoms with van der Waals surface area (Å²) in [4.78, 5) is 17.6. The zero-order valence-corrected chi connectivity index (χ0v) is 17.5. The zero-order chi connectivity index (χ0) is 20.9. The molecule has 29 heavy (non-hydrogen) atoms. The largest absolute Gasteiger partial charge is 0.490 e. The highest BCUT2D eigenvalue weighted by atomic mass is 16.5. The molecule has 0 atom stereocenters. The van der Waals surface area contributed by atoms with E-state index in [0.29, 0.717) is 54.3 Å². The highest BCUT2D eigenvalue weighted by Crippen LogP contribution is 2.41. The molecule has 3 rings (SSSR count). The van der Waals surface area contributed by atoms with Gasteiger partial charge in [0, 0.05) is 12.5 Å². The Morgan fingerprint density at radius 2 is 1.66 bits per heavy atom. The van der Waals surface area contributed by atoms with E-state index in [2.05, 4.69) is 15.5 Å². The van der Waals surface area contributed by atoms with Gasteiger partial charge in [-0.3, -0.25) is 4.79 Å². The van der Waals surface area contributed by atoms with Gasteiger partial charge in [-0.15, -0.1) is 0 Å². The van der Waals surface area contributed by atoms with E-state index in [9.17, 15) is 4.79 Å². The molecule has 0 saturated heterocycles. The second-order valence-electron chi connectivity index (χ2n) is 6.98. The third kappa shape index (κ3) is 4.46. The van der Waals surface area contributed by atoms with Crippen LogP contribution in [-0.2, 0) is 5.54 Å². The first-order chi connectivity index (χ1) is 14.0. The zero-order valence-electron chi connectivity index (χ0n) is 17.5. The molecule has 1 amide bonds. The molecule has 1 aromatic heterocycles. The second kappa shape index (κ2) is 9.15. The van der Waals surface area contributed by atoms with E-state index in [1.807, 2.05) is 20.8 Å². The molecular formula is C21H29N3O5. The predicted octanol–water partition coefficient (Wildman–Crippen LogP) is 3.77. The minimum atomic E-state index is -0.620. The van der Waals surface area contributed by atoms with Gasteiger partial charge in [0.05, 0.1) is 19.8 Å². The molecular weight excluding hydrogens is 374 g/mol. The van der Waals surface area contributed by atoms with E-state index in [-0.39, 0.29) is 5.91 Å². The minimum absolute atomic E-state index is 0.237. The average Bonchev–Trinajstić information content (AvgIpc) is 3.34. The molecule has 1 N–H and O–H groups in total. The van der Waals surface area contributed by atoms with E-state index in [4.69, 9.17) is 18.7 Å². The Kier molecular flexibility index (Phi) is 6.61. The third-order valence-corrected chi connectivity index (χ3v) is 4.94. The Balaban J connectivity index is 1.95. The van der Waals surface area contributed by atoms with Crippen molar-refractivity contribution in [1.82, 2.24) is 15.5 Å². The number of ether oxygens (including phenoxy) is 3. The Hall–Kier alpha value is -2.77. The molecule has 8 heteroatoms. The van der Waals surface area contributed by atoms with Crippen molar-refractivity contribution >= 4 is 5.91 Å². The maximum Gasteiger partial charge on any atom is 0.252 e. The number of hydrogen-bond acceptors (Lipinski definition) is 7. The van der Waals surface area contributed by atoms with Gasteiger partial charge in [0.1, 0.15) is 5.54 Å². The molecule has 8 nitrogen and oxygen atoms in total. The number of amides is 1. The monoisotopic (exact) mass is 403 g/mol. The standard InChI is InChI=1S/C21H29N3O5/c1-5-26-16-12-15(13-17(27-6-2)18(16)28-7-3)19(25)23-21(10-8-9-11-21)20-22-14(4)29-24-20/h12-13H,5-11H2,1-4H3,(H,23,25). The number of nitrogens with one attached hydrogen (secondary N) is 1.